The van der Waals surface area contributed by atoms with Crippen molar-refractivity contribution in [1.82, 2.24) is 15.2 Å². The molecule has 8 heteroatoms. The summed E-state index contributed by atoms with van der Waals surface area (Å²) in [5, 5.41) is 6.61. The molecule has 1 aromatic heterocycles. The van der Waals surface area contributed by atoms with E-state index in [0.29, 0.717) is 12.2 Å². The maximum atomic E-state index is 6.10. The van der Waals surface area contributed by atoms with Crippen LogP contribution in [0.2, 0.25) is 0 Å². The molecule has 0 aliphatic carbocycles. The van der Waals surface area contributed by atoms with E-state index in [-0.39, 0.29) is 24.0 Å². The van der Waals surface area contributed by atoms with Gasteiger partial charge in [0.1, 0.15) is 5.01 Å². The van der Waals surface area contributed by atoms with Crippen LogP contribution in [0.5, 0.6) is 0 Å². The van der Waals surface area contributed by atoms with Crippen molar-refractivity contribution in [1.29, 1.82) is 0 Å². The van der Waals surface area contributed by atoms with Crippen LogP contribution >= 0.6 is 35.3 Å². The van der Waals surface area contributed by atoms with Crippen molar-refractivity contribution in [2.45, 2.75) is 57.8 Å². The third-order valence-electron chi connectivity index (χ3n) is 4.81. The summed E-state index contributed by atoms with van der Waals surface area (Å²) in [5.41, 5.74) is 1.08. The van der Waals surface area contributed by atoms with Crippen LogP contribution in [-0.2, 0) is 16.0 Å². The first-order valence-corrected chi connectivity index (χ1v) is 10.2. The van der Waals surface area contributed by atoms with Gasteiger partial charge in [0.15, 0.2) is 5.96 Å². The molecule has 0 amide bonds. The molecule has 2 fully saturated rings. The second-order valence-electron chi connectivity index (χ2n) is 6.79. The Balaban J connectivity index is 0.00000243. The Morgan fingerprint density at radius 1 is 1.38 bits per heavy atom. The summed E-state index contributed by atoms with van der Waals surface area (Å²) < 4.78 is 11.8. The number of likely N-dealkylation sites (tertiary alicyclic amines) is 1. The lowest BCUT2D eigenvalue weighted by atomic mass is 10.1. The van der Waals surface area contributed by atoms with Crippen LogP contribution in [-0.4, -0.2) is 61.4 Å². The molecule has 1 N–H and O–H groups in total. The van der Waals surface area contributed by atoms with Crippen molar-refractivity contribution in [3.8, 4) is 0 Å². The van der Waals surface area contributed by atoms with E-state index in [0.717, 1.165) is 68.8 Å². The second-order valence-corrected chi connectivity index (χ2v) is 7.73. The molecule has 1 atom stereocenters. The van der Waals surface area contributed by atoms with Gasteiger partial charge in [-0.25, -0.2) is 4.98 Å². The summed E-state index contributed by atoms with van der Waals surface area (Å²) in [5.74, 6) is 0.960. The number of guanidine groups is 1. The molecule has 2 saturated heterocycles. The number of aromatic nitrogens is 1. The Kier molecular flexibility index (Phi) is 9.58. The lowest BCUT2D eigenvalue weighted by Gasteiger charge is -2.35. The first kappa shape index (κ1) is 21.8. The maximum Gasteiger partial charge on any atom is 0.193 e. The molecule has 1 aromatic rings. The van der Waals surface area contributed by atoms with Gasteiger partial charge in [-0.05, 0) is 39.0 Å². The highest BCUT2D eigenvalue weighted by atomic mass is 127. The lowest BCUT2D eigenvalue weighted by Crippen LogP contribution is -2.47. The number of aliphatic imine (C=N–C) groups is 1. The van der Waals surface area contributed by atoms with Crippen LogP contribution in [0.3, 0.4) is 0 Å². The summed E-state index contributed by atoms with van der Waals surface area (Å²) in [4.78, 5) is 11.2. The topological polar surface area (TPSA) is 59.0 Å². The fourth-order valence-corrected chi connectivity index (χ4v) is 4.10. The van der Waals surface area contributed by atoms with Gasteiger partial charge in [-0.1, -0.05) is 0 Å². The van der Waals surface area contributed by atoms with Gasteiger partial charge in [0.2, 0.25) is 0 Å². The number of piperidine rings is 1. The third-order valence-corrected chi connectivity index (χ3v) is 5.78. The molecule has 2 aliphatic heterocycles. The zero-order chi connectivity index (χ0) is 17.5. The summed E-state index contributed by atoms with van der Waals surface area (Å²) in [6, 6.07) is 0. The molecule has 0 aromatic carbocycles. The molecule has 0 bridgehead atoms. The number of nitrogens with one attached hydrogen (secondary N) is 1. The number of nitrogens with zero attached hydrogens (tertiary/aromatic N) is 3. The van der Waals surface area contributed by atoms with Crippen molar-refractivity contribution >= 4 is 41.3 Å². The van der Waals surface area contributed by atoms with E-state index in [4.69, 9.17) is 9.47 Å². The standard InChI is InChI=1S/C18H30N4O2S.HI/c1-14-13-25-17(21-14)11-20-18(19-2)22-8-6-15(7-9-22)24-12-16-5-3-4-10-23-16;/h13,15-16H,3-12H2,1-2H3,(H,19,20);1H. The summed E-state index contributed by atoms with van der Waals surface area (Å²) in [7, 11) is 1.85. The highest BCUT2D eigenvalue weighted by molar-refractivity contribution is 14.0. The minimum absolute atomic E-state index is 0. The van der Waals surface area contributed by atoms with Crippen LogP contribution in [0.1, 0.15) is 42.8 Å². The largest absolute Gasteiger partial charge is 0.376 e. The Labute approximate surface area is 177 Å². The Morgan fingerprint density at radius 3 is 2.81 bits per heavy atom. The number of ether oxygens (including phenoxy) is 2. The van der Waals surface area contributed by atoms with Gasteiger partial charge < -0.3 is 19.7 Å². The number of halogens is 1. The van der Waals surface area contributed by atoms with Crippen LogP contribution < -0.4 is 5.32 Å². The Bertz CT molecular complexity index is 555. The van der Waals surface area contributed by atoms with Gasteiger partial charge in [-0.3, -0.25) is 4.99 Å². The molecule has 0 saturated carbocycles. The fraction of sp³-hybridized carbons (Fsp3) is 0.778. The summed E-state index contributed by atoms with van der Waals surface area (Å²) in [6.45, 7) is 6.37. The average molecular weight is 494 g/mol. The second kappa shape index (κ2) is 11.4. The van der Waals surface area contributed by atoms with Crippen LogP contribution in [0.4, 0.5) is 0 Å². The molecule has 26 heavy (non-hydrogen) atoms. The van der Waals surface area contributed by atoms with Crippen LogP contribution in [0.25, 0.3) is 0 Å². The van der Waals surface area contributed by atoms with Gasteiger partial charge in [-0.2, -0.15) is 0 Å². The van der Waals surface area contributed by atoms with Crippen molar-refractivity contribution in [3.05, 3.63) is 16.1 Å². The molecule has 3 rings (SSSR count). The predicted octanol–water partition coefficient (Wildman–Crippen LogP) is 3.20. The van der Waals surface area contributed by atoms with E-state index < -0.39 is 0 Å². The first-order valence-electron chi connectivity index (χ1n) is 9.34. The third kappa shape index (κ3) is 6.61. The van der Waals surface area contributed by atoms with Crippen molar-refractivity contribution in [3.63, 3.8) is 0 Å². The van der Waals surface area contributed by atoms with E-state index in [2.05, 4.69) is 25.6 Å². The summed E-state index contributed by atoms with van der Waals surface area (Å²) in [6.07, 6.45) is 6.36. The van der Waals surface area contributed by atoms with E-state index >= 15 is 0 Å². The molecule has 6 nitrogen and oxygen atoms in total. The molecule has 1 unspecified atom stereocenters. The molecular formula is C18H31IN4O2S. The first-order chi connectivity index (χ1) is 12.2. The van der Waals surface area contributed by atoms with Crippen molar-refractivity contribution in [2.24, 2.45) is 4.99 Å². The molecule has 0 spiro atoms. The summed E-state index contributed by atoms with van der Waals surface area (Å²) >= 11 is 1.69. The predicted molar refractivity (Wildman–Crippen MR) is 117 cm³/mol. The van der Waals surface area contributed by atoms with Crippen LogP contribution in [0, 0.1) is 6.92 Å². The van der Waals surface area contributed by atoms with Gasteiger partial charge in [0, 0.05) is 37.8 Å². The van der Waals surface area contributed by atoms with Crippen molar-refractivity contribution < 1.29 is 9.47 Å². The van der Waals surface area contributed by atoms with Gasteiger partial charge >= 0.3 is 0 Å². The van der Waals surface area contributed by atoms with Gasteiger partial charge in [0.25, 0.3) is 0 Å². The van der Waals surface area contributed by atoms with Crippen LogP contribution in [0.15, 0.2) is 10.4 Å². The minimum Gasteiger partial charge on any atom is -0.376 e. The average Bonchev–Trinajstić information content (AvgIpc) is 3.07. The smallest absolute Gasteiger partial charge is 0.193 e. The van der Waals surface area contributed by atoms with Gasteiger partial charge in [0.05, 0.1) is 25.4 Å². The van der Waals surface area contributed by atoms with E-state index in [1.165, 1.54) is 12.8 Å². The SMILES string of the molecule is CN=C(NCc1nc(C)cs1)N1CCC(OCC2CCCCO2)CC1.I. The Hall–Kier alpha value is -0.450. The van der Waals surface area contributed by atoms with E-state index in [1.54, 1.807) is 11.3 Å². The maximum absolute atomic E-state index is 6.10. The highest BCUT2D eigenvalue weighted by Crippen LogP contribution is 2.18. The minimum atomic E-state index is 0. The zero-order valence-corrected chi connectivity index (χ0v) is 18.9. The fourth-order valence-electron chi connectivity index (χ4n) is 3.39. The Morgan fingerprint density at radius 2 is 2.19 bits per heavy atom. The lowest BCUT2D eigenvalue weighted by molar-refractivity contribution is -0.0721. The van der Waals surface area contributed by atoms with E-state index in [9.17, 15) is 0 Å². The van der Waals surface area contributed by atoms with Gasteiger partial charge in [-0.15, -0.1) is 35.3 Å². The quantitative estimate of drug-likeness (QED) is 0.387. The number of rotatable bonds is 5. The number of hydrogen-bond acceptors (Lipinski definition) is 5. The molecular weight excluding hydrogens is 463 g/mol. The molecule has 0 radical (unpaired) electrons. The number of aryl methyl sites for hydroxylation is 1. The normalized spacial score (nSPS) is 22.2. The zero-order valence-electron chi connectivity index (χ0n) is 15.8. The number of hydrogen-bond donors (Lipinski definition) is 1. The highest BCUT2D eigenvalue weighted by Gasteiger charge is 2.23. The monoisotopic (exact) mass is 494 g/mol. The van der Waals surface area contributed by atoms with Crippen molar-refractivity contribution in [2.75, 3.05) is 33.4 Å². The number of thiazole rings is 1. The molecule has 2 aliphatic rings. The molecule has 3 heterocycles. The molecule has 148 valence electrons. The van der Waals surface area contributed by atoms with E-state index in [1.807, 2.05) is 14.0 Å².